The molecular weight excluding hydrogens is 592 g/mol. The highest BCUT2D eigenvalue weighted by Gasteiger charge is 2.26. The molecule has 2 aromatic carbocycles. The topological polar surface area (TPSA) is 131 Å². The molecule has 2 aliphatic rings. The van der Waals surface area contributed by atoms with Gasteiger partial charge in [-0.25, -0.2) is 15.0 Å². The molecule has 0 bridgehead atoms. The zero-order valence-electron chi connectivity index (χ0n) is 26.9. The second kappa shape index (κ2) is 12.5. The van der Waals surface area contributed by atoms with Gasteiger partial charge in [0.2, 0.25) is 11.9 Å². The smallest absolute Gasteiger partial charge is 0.253 e. The summed E-state index contributed by atoms with van der Waals surface area (Å²) in [5.74, 6) is 0.906. The first kappa shape index (κ1) is 30.4. The number of ether oxygens (including phenoxy) is 1. The third kappa shape index (κ3) is 5.90. The van der Waals surface area contributed by atoms with Crippen molar-refractivity contribution in [2.45, 2.75) is 46.2 Å². The Morgan fingerprint density at radius 3 is 2.45 bits per heavy atom. The average molecular weight is 631 g/mol. The second-order valence-electron chi connectivity index (χ2n) is 12.3. The van der Waals surface area contributed by atoms with E-state index in [0.717, 1.165) is 57.8 Å². The van der Waals surface area contributed by atoms with E-state index in [1.54, 1.807) is 19.3 Å². The summed E-state index contributed by atoms with van der Waals surface area (Å²) >= 11 is 0. The van der Waals surface area contributed by atoms with Gasteiger partial charge in [-0.2, -0.15) is 0 Å². The molecule has 0 aliphatic carbocycles. The van der Waals surface area contributed by atoms with Crippen LogP contribution in [0.1, 0.15) is 47.4 Å². The maximum Gasteiger partial charge on any atom is 0.253 e. The Bertz CT molecular complexity index is 1960. The summed E-state index contributed by atoms with van der Waals surface area (Å²) in [6, 6.07) is 16.7. The first-order chi connectivity index (χ1) is 22.8. The fraction of sp³-hybridized carbons (Fsp3) is 0.306. The van der Waals surface area contributed by atoms with Gasteiger partial charge < -0.3 is 30.0 Å². The van der Waals surface area contributed by atoms with Crippen LogP contribution in [0.25, 0.3) is 27.9 Å². The van der Waals surface area contributed by atoms with E-state index in [2.05, 4.69) is 57.4 Å². The van der Waals surface area contributed by atoms with E-state index in [9.17, 15) is 9.59 Å². The lowest BCUT2D eigenvalue weighted by Crippen LogP contribution is -2.40. The van der Waals surface area contributed by atoms with Crippen molar-refractivity contribution in [1.29, 1.82) is 0 Å². The number of hydrogen-bond acceptors (Lipinski definition) is 8. The maximum absolute atomic E-state index is 13.6. The number of aromatic nitrogens is 4. The highest BCUT2D eigenvalue weighted by atomic mass is 16.5. The molecule has 2 aliphatic heterocycles. The van der Waals surface area contributed by atoms with Crippen molar-refractivity contribution in [3.05, 3.63) is 89.5 Å². The second-order valence-corrected chi connectivity index (χ2v) is 12.3. The monoisotopic (exact) mass is 630 g/mol. The van der Waals surface area contributed by atoms with Crippen LogP contribution in [0.3, 0.4) is 0 Å². The van der Waals surface area contributed by atoms with Crippen molar-refractivity contribution in [3.63, 3.8) is 0 Å². The molecular formula is C36H38N8O3. The quantitative estimate of drug-likeness (QED) is 0.274. The molecule has 11 nitrogen and oxygen atoms in total. The minimum Gasteiger partial charge on any atom is -0.378 e. The zero-order chi connectivity index (χ0) is 32.7. The lowest BCUT2D eigenvalue weighted by atomic mass is 9.93. The largest absolute Gasteiger partial charge is 0.378 e. The number of nitrogens with two attached hydrogens (primary N) is 1. The Hall–Kier alpha value is -5.29. The molecule has 240 valence electrons. The summed E-state index contributed by atoms with van der Waals surface area (Å²) in [5, 5.41) is 3.11. The van der Waals surface area contributed by atoms with E-state index in [1.165, 1.54) is 5.56 Å². The minimum absolute atomic E-state index is 0.0773. The van der Waals surface area contributed by atoms with E-state index in [4.69, 9.17) is 15.5 Å². The van der Waals surface area contributed by atoms with Gasteiger partial charge in [0.25, 0.3) is 5.91 Å². The lowest BCUT2D eigenvalue weighted by molar-refractivity contribution is -0.117. The van der Waals surface area contributed by atoms with Gasteiger partial charge >= 0.3 is 0 Å². The summed E-state index contributed by atoms with van der Waals surface area (Å²) in [4.78, 5) is 43.2. The number of anilines is 3. The number of carbonyl (C=O) groups excluding carboxylic acids is 2. The molecule has 1 atom stereocenters. The number of nitrogens with zero attached hydrogens (tertiary/aromatic N) is 6. The molecule has 7 rings (SSSR count). The first-order valence-electron chi connectivity index (χ1n) is 16.0. The number of morpholine rings is 1. The first-order valence-corrected chi connectivity index (χ1v) is 16.0. The number of rotatable bonds is 6. The van der Waals surface area contributed by atoms with Gasteiger partial charge in [0.15, 0.2) is 5.82 Å². The fourth-order valence-electron chi connectivity index (χ4n) is 6.63. The molecule has 0 unspecified atom stereocenters. The maximum atomic E-state index is 13.6. The molecule has 0 saturated carbocycles. The number of aryl methyl sites for hydroxylation is 2. The Morgan fingerprint density at radius 1 is 1.00 bits per heavy atom. The molecule has 47 heavy (non-hydrogen) atoms. The summed E-state index contributed by atoms with van der Waals surface area (Å²) in [7, 11) is 0. The van der Waals surface area contributed by atoms with Crippen molar-refractivity contribution >= 4 is 34.8 Å². The highest BCUT2D eigenvalue weighted by Crippen LogP contribution is 2.34. The van der Waals surface area contributed by atoms with Crippen LogP contribution in [0.5, 0.6) is 0 Å². The molecule has 3 aromatic heterocycles. The van der Waals surface area contributed by atoms with Crippen LogP contribution in [-0.4, -0.2) is 63.5 Å². The minimum atomic E-state index is -0.153. The Morgan fingerprint density at radius 2 is 1.72 bits per heavy atom. The number of benzene rings is 2. The van der Waals surface area contributed by atoms with Crippen LogP contribution < -0.4 is 20.9 Å². The zero-order valence-corrected chi connectivity index (χ0v) is 26.9. The Balaban J connectivity index is 1.11. The van der Waals surface area contributed by atoms with Gasteiger partial charge in [-0.3, -0.25) is 9.59 Å². The number of hydrogen-bond donors (Lipinski definition) is 2. The molecule has 2 amide bonds. The van der Waals surface area contributed by atoms with Crippen molar-refractivity contribution in [2.24, 2.45) is 0 Å². The van der Waals surface area contributed by atoms with Crippen molar-refractivity contribution < 1.29 is 14.3 Å². The van der Waals surface area contributed by atoms with Gasteiger partial charge in [-0.15, -0.1) is 0 Å². The average Bonchev–Trinajstić information content (AvgIpc) is 3.43. The standard InChI is InChI=1S/C36H38N8O3/c1-22-4-7-28-16-27(10-11-32(28)44(22)24(3)45)26-8-5-25(6-9-26)18-38-35(46)30-17-33-34(42-12-14-47-15-13-42)41-31(21-43(33)23(30)2)29-19-39-36(37)40-20-29/h5-6,8-11,16-17,19-22H,4,7,12-15,18H2,1-3H3,(H,38,46)(H2,37,39,40)/t22-/m0/s1. The van der Waals surface area contributed by atoms with Gasteiger partial charge in [-0.1, -0.05) is 30.3 Å². The molecule has 11 heteroatoms. The normalized spacial score (nSPS) is 16.3. The number of amides is 2. The van der Waals surface area contributed by atoms with Crippen LogP contribution in [0.2, 0.25) is 0 Å². The van der Waals surface area contributed by atoms with Gasteiger partial charge in [0.05, 0.1) is 30.0 Å². The lowest BCUT2D eigenvalue weighted by Gasteiger charge is -2.34. The van der Waals surface area contributed by atoms with E-state index in [0.29, 0.717) is 44.1 Å². The van der Waals surface area contributed by atoms with E-state index in [-0.39, 0.29) is 23.8 Å². The summed E-state index contributed by atoms with van der Waals surface area (Å²) in [6.45, 7) is 8.69. The molecule has 1 saturated heterocycles. The predicted molar refractivity (Wildman–Crippen MR) is 182 cm³/mol. The fourth-order valence-corrected chi connectivity index (χ4v) is 6.63. The summed E-state index contributed by atoms with van der Waals surface area (Å²) < 4.78 is 7.60. The Kier molecular flexibility index (Phi) is 8.07. The number of nitrogens with one attached hydrogen (secondary N) is 1. The SMILES string of the molecule is CC(=O)N1c2ccc(-c3ccc(CNC(=O)c4cc5c(N6CCOCC6)nc(-c6cnc(N)nc6)cn5c4C)cc3)cc2CC[C@@H]1C. The van der Waals surface area contributed by atoms with Crippen LogP contribution in [-0.2, 0) is 22.5 Å². The molecule has 3 N–H and O–H groups in total. The number of nitrogen functional groups attached to an aromatic ring is 1. The number of carbonyl (C=O) groups is 2. The van der Waals surface area contributed by atoms with Crippen LogP contribution in [0.4, 0.5) is 17.5 Å². The van der Waals surface area contributed by atoms with Crippen molar-refractivity contribution in [1.82, 2.24) is 24.7 Å². The van der Waals surface area contributed by atoms with Gasteiger partial charge in [-0.05, 0) is 67.1 Å². The third-order valence-electron chi connectivity index (χ3n) is 9.21. The molecule has 5 aromatic rings. The molecule has 0 radical (unpaired) electrons. The third-order valence-corrected chi connectivity index (χ3v) is 9.21. The van der Waals surface area contributed by atoms with Crippen molar-refractivity contribution in [3.8, 4) is 22.4 Å². The molecule has 5 heterocycles. The van der Waals surface area contributed by atoms with Crippen LogP contribution >= 0.6 is 0 Å². The Labute approximate surface area is 273 Å². The highest BCUT2D eigenvalue weighted by molar-refractivity contribution is 5.98. The van der Waals surface area contributed by atoms with E-state index >= 15 is 0 Å². The van der Waals surface area contributed by atoms with Crippen molar-refractivity contribution in [2.75, 3.05) is 41.8 Å². The predicted octanol–water partition coefficient (Wildman–Crippen LogP) is 4.80. The van der Waals surface area contributed by atoms with E-state index < -0.39 is 0 Å². The molecule has 1 fully saturated rings. The molecule has 0 spiro atoms. The van der Waals surface area contributed by atoms with Gasteiger partial charge in [0.1, 0.15) is 0 Å². The van der Waals surface area contributed by atoms with E-state index in [1.807, 2.05) is 40.6 Å². The summed E-state index contributed by atoms with van der Waals surface area (Å²) in [6.07, 6.45) is 7.14. The number of fused-ring (bicyclic) bond motifs is 2. The summed E-state index contributed by atoms with van der Waals surface area (Å²) in [5.41, 5.74) is 14.8. The van der Waals surface area contributed by atoms with Crippen LogP contribution in [0, 0.1) is 6.92 Å². The van der Waals surface area contributed by atoms with Crippen LogP contribution in [0.15, 0.2) is 67.1 Å². The van der Waals surface area contributed by atoms with Gasteiger partial charge in [0, 0.05) is 68.1 Å².